The van der Waals surface area contributed by atoms with Gasteiger partial charge in [-0.05, 0) is 32.4 Å². The zero-order chi connectivity index (χ0) is 21.7. The van der Waals surface area contributed by atoms with Gasteiger partial charge in [-0.2, -0.15) is 0 Å². The Hall–Kier alpha value is -3.39. The van der Waals surface area contributed by atoms with Gasteiger partial charge in [-0.25, -0.2) is 9.59 Å². The van der Waals surface area contributed by atoms with Gasteiger partial charge < -0.3 is 19.2 Å². The quantitative estimate of drug-likeness (QED) is 0.554. The molecule has 1 aromatic carbocycles. The van der Waals surface area contributed by atoms with Crippen molar-refractivity contribution in [3.8, 4) is 11.1 Å². The number of anilines is 1. The number of nitrogens with one attached hydrogen (secondary N) is 1. The molecule has 1 N–H and O–H groups in total. The summed E-state index contributed by atoms with van der Waals surface area (Å²) in [4.78, 5) is 37.0. The van der Waals surface area contributed by atoms with Gasteiger partial charge in [0, 0.05) is 10.9 Å². The van der Waals surface area contributed by atoms with Gasteiger partial charge in [-0.3, -0.25) is 4.79 Å². The molecule has 8 heteroatoms. The van der Waals surface area contributed by atoms with E-state index in [2.05, 4.69) is 5.32 Å². The highest BCUT2D eigenvalue weighted by Gasteiger charge is 2.23. The predicted molar refractivity (Wildman–Crippen MR) is 113 cm³/mol. The molecule has 3 aromatic rings. The highest BCUT2D eigenvalue weighted by molar-refractivity contribution is 7.15. The van der Waals surface area contributed by atoms with Crippen molar-refractivity contribution in [1.82, 2.24) is 0 Å². The van der Waals surface area contributed by atoms with Gasteiger partial charge in [0.25, 0.3) is 5.91 Å². The molecule has 3 rings (SSSR count). The van der Waals surface area contributed by atoms with Crippen LogP contribution in [-0.4, -0.2) is 31.1 Å². The number of hydrogen-bond acceptors (Lipinski definition) is 7. The summed E-state index contributed by atoms with van der Waals surface area (Å²) in [7, 11) is 0. The number of hydrogen-bond donors (Lipinski definition) is 1. The molecule has 156 valence electrons. The Kier molecular flexibility index (Phi) is 6.68. The monoisotopic (exact) mass is 427 g/mol. The molecule has 0 atom stereocenters. The first kappa shape index (κ1) is 21.3. The number of esters is 2. The van der Waals surface area contributed by atoms with E-state index >= 15 is 0 Å². The van der Waals surface area contributed by atoms with Crippen LogP contribution in [-0.2, 0) is 14.3 Å². The van der Waals surface area contributed by atoms with Crippen molar-refractivity contribution in [3.63, 3.8) is 0 Å². The second-order valence-corrected chi connectivity index (χ2v) is 7.27. The van der Waals surface area contributed by atoms with E-state index < -0.39 is 24.5 Å². The van der Waals surface area contributed by atoms with Crippen LogP contribution in [0.3, 0.4) is 0 Å². The lowest BCUT2D eigenvalue weighted by Crippen LogP contribution is -2.21. The van der Waals surface area contributed by atoms with Gasteiger partial charge in [0.15, 0.2) is 6.61 Å². The van der Waals surface area contributed by atoms with Crippen LogP contribution in [0.15, 0.2) is 46.2 Å². The van der Waals surface area contributed by atoms with Crippen LogP contribution in [0.2, 0.25) is 0 Å². The lowest BCUT2D eigenvalue weighted by Gasteiger charge is -2.09. The Morgan fingerprint density at radius 1 is 1.07 bits per heavy atom. The smallest absolute Gasteiger partial charge is 0.342 e. The van der Waals surface area contributed by atoms with Crippen molar-refractivity contribution >= 4 is 34.2 Å². The Balaban J connectivity index is 1.74. The molecular weight excluding hydrogens is 406 g/mol. The largest absolute Gasteiger partial charge is 0.466 e. The molecule has 0 fully saturated rings. The number of carbonyl (C=O) groups is 3. The van der Waals surface area contributed by atoms with Crippen molar-refractivity contribution in [1.29, 1.82) is 0 Å². The van der Waals surface area contributed by atoms with Crippen LogP contribution in [0, 0.1) is 13.8 Å². The van der Waals surface area contributed by atoms with Crippen molar-refractivity contribution < 1.29 is 28.3 Å². The van der Waals surface area contributed by atoms with Gasteiger partial charge in [0.1, 0.15) is 27.6 Å². The molecule has 0 aliphatic rings. The topological polar surface area (TPSA) is 94.8 Å². The van der Waals surface area contributed by atoms with E-state index in [0.29, 0.717) is 22.1 Å². The number of aryl methyl sites for hydroxylation is 2. The molecule has 0 aliphatic heterocycles. The number of benzene rings is 1. The Morgan fingerprint density at radius 2 is 1.80 bits per heavy atom. The fourth-order valence-corrected chi connectivity index (χ4v) is 3.86. The van der Waals surface area contributed by atoms with Gasteiger partial charge >= 0.3 is 11.9 Å². The first-order valence-corrected chi connectivity index (χ1v) is 10.2. The average molecular weight is 427 g/mol. The normalized spacial score (nSPS) is 10.5. The Morgan fingerprint density at radius 3 is 2.43 bits per heavy atom. The summed E-state index contributed by atoms with van der Waals surface area (Å²) >= 11 is 1.20. The van der Waals surface area contributed by atoms with Gasteiger partial charge in [-0.15, -0.1) is 11.3 Å². The van der Waals surface area contributed by atoms with E-state index in [-0.39, 0.29) is 17.7 Å². The average Bonchev–Trinajstić information content (AvgIpc) is 3.29. The number of carbonyl (C=O) groups excluding carboxylic acids is 3. The lowest BCUT2D eigenvalue weighted by atomic mass is 10.0. The third-order valence-electron chi connectivity index (χ3n) is 4.20. The third kappa shape index (κ3) is 4.77. The highest BCUT2D eigenvalue weighted by Crippen LogP contribution is 2.36. The zero-order valence-corrected chi connectivity index (χ0v) is 17.6. The second kappa shape index (κ2) is 9.41. The number of rotatable bonds is 7. The molecule has 0 radical (unpaired) electrons. The van der Waals surface area contributed by atoms with Crippen molar-refractivity contribution in [3.05, 3.63) is 64.4 Å². The van der Waals surface area contributed by atoms with E-state index in [1.807, 2.05) is 30.3 Å². The molecule has 2 heterocycles. The minimum Gasteiger partial charge on any atom is -0.466 e. The molecule has 7 nitrogen and oxygen atoms in total. The highest BCUT2D eigenvalue weighted by atomic mass is 32.1. The number of thiophene rings is 1. The van der Waals surface area contributed by atoms with Crippen molar-refractivity contribution in [2.75, 3.05) is 18.5 Å². The fourth-order valence-electron chi connectivity index (χ4n) is 2.89. The van der Waals surface area contributed by atoms with Gasteiger partial charge in [0.05, 0.1) is 6.61 Å². The summed E-state index contributed by atoms with van der Waals surface area (Å²) in [5.41, 5.74) is 2.04. The number of ether oxygens (including phenoxy) is 2. The zero-order valence-electron chi connectivity index (χ0n) is 16.8. The SMILES string of the molecule is CCOC(=O)c1c(-c2ccccc2)csc1NC(=O)COC(=O)c1cc(C)oc1C. The molecule has 0 spiro atoms. The van der Waals surface area contributed by atoms with Crippen LogP contribution in [0.1, 0.15) is 39.2 Å². The first-order valence-electron chi connectivity index (χ1n) is 9.28. The molecule has 0 aliphatic carbocycles. The molecule has 0 saturated carbocycles. The van der Waals surface area contributed by atoms with E-state index in [4.69, 9.17) is 13.9 Å². The van der Waals surface area contributed by atoms with Crippen LogP contribution in [0.5, 0.6) is 0 Å². The predicted octanol–water partition coefficient (Wildman–Crippen LogP) is 4.60. The lowest BCUT2D eigenvalue weighted by molar-refractivity contribution is -0.119. The van der Waals surface area contributed by atoms with E-state index in [9.17, 15) is 14.4 Å². The summed E-state index contributed by atoms with van der Waals surface area (Å²) in [6.45, 7) is 4.78. The number of furan rings is 1. The van der Waals surface area contributed by atoms with Gasteiger partial charge in [0.2, 0.25) is 0 Å². The Labute approximate surface area is 177 Å². The summed E-state index contributed by atoms with van der Waals surface area (Å²) in [5, 5.41) is 4.76. The van der Waals surface area contributed by atoms with E-state index in [1.165, 1.54) is 11.3 Å². The fraction of sp³-hybridized carbons (Fsp3) is 0.227. The maximum absolute atomic E-state index is 12.5. The third-order valence-corrected chi connectivity index (χ3v) is 5.10. The summed E-state index contributed by atoms with van der Waals surface area (Å²) < 4.78 is 15.5. The van der Waals surface area contributed by atoms with E-state index in [0.717, 1.165) is 5.56 Å². The first-order chi connectivity index (χ1) is 14.4. The molecule has 0 bridgehead atoms. The summed E-state index contributed by atoms with van der Waals surface area (Å²) in [6, 6.07) is 10.9. The number of amides is 1. The molecule has 30 heavy (non-hydrogen) atoms. The van der Waals surface area contributed by atoms with Crippen LogP contribution >= 0.6 is 11.3 Å². The van der Waals surface area contributed by atoms with Gasteiger partial charge in [-0.1, -0.05) is 30.3 Å². The maximum Gasteiger partial charge on any atom is 0.342 e. The van der Waals surface area contributed by atoms with Crippen molar-refractivity contribution in [2.45, 2.75) is 20.8 Å². The molecule has 1 amide bonds. The molecule has 0 saturated heterocycles. The van der Waals surface area contributed by atoms with Crippen LogP contribution in [0.25, 0.3) is 11.1 Å². The minimum atomic E-state index is -0.652. The van der Waals surface area contributed by atoms with Crippen LogP contribution < -0.4 is 5.32 Å². The Bertz CT molecular complexity index is 1070. The molecular formula is C22H21NO6S. The summed E-state index contributed by atoms with van der Waals surface area (Å²) in [6.07, 6.45) is 0. The molecule has 0 unspecified atom stereocenters. The second-order valence-electron chi connectivity index (χ2n) is 6.39. The maximum atomic E-state index is 12.5. The van der Waals surface area contributed by atoms with E-state index in [1.54, 1.807) is 32.2 Å². The molecule has 2 aromatic heterocycles. The standard InChI is InChI=1S/C22H21NO6S/c1-4-27-22(26)19-17(15-8-6-5-7-9-15)12-30-20(19)23-18(24)11-28-21(25)16-10-13(2)29-14(16)3/h5-10,12H,4,11H2,1-3H3,(H,23,24). The minimum absolute atomic E-state index is 0.206. The summed E-state index contributed by atoms with van der Waals surface area (Å²) in [5.74, 6) is -0.743. The van der Waals surface area contributed by atoms with Crippen molar-refractivity contribution in [2.24, 2.45) is 0 Å². The van der Waals surface area contributed by atoms with Crippen LogP contribution in [0.4, 0.5) is 5.00 Å².